The highest BCUT2D eigenvalue weighted by atomic mass is 32.2. The minimum absolute atomic E-state index is 0.119. The molecule has 1 aliphatic rings. The zero-order chi connectivity index (χ0) is 15.6. The maximum absolute atomic E-state index is 12.1. The van der Waals surface area contributed by atoms with Crippen LogP contribution in [0.3, 0.4) is 0 Å². The maximum Gasteiger partial charge on any atom is 0.240 e. The number of rotatable bonds is 5. The highest BCUT2D eigenvalue weighted by molar-refractivity contribution is 7.89. The van der Waals surface area contributed by atoms with Gasteiger partial charge < -0.3 is 0 Å². The van der Waals surface area contributed by atoms with Crippen LogP contribution in [0.2, 0.25) is 0 Å². The number of nitrogens with one attached hydrogen (secondary N) is 1. The van der Waals surface area contributed by atoms with Crippen molar-refractivity contribution >= 4 is 10.0 Å². The fourth-order valence-corrected chi connectivity index (χ4v) is 3.55. The van der Waals surface area contributed by atoms with Crippen LogP contribution in [0.4, 0.5) is 0 Å². The van der Waals surface area contributed by atoms with E-state index in [2.05, 4.69) is 10.6 Å². The van der Waals surface area contributed by atoms with Gasteiger partial charge in [-0.3, -0.25) is 0 Å². The average Bonchev–Trinajstić information content (AvgIpc) is 3.32. The molecule has 0 unspecified atom stereocenters. The Morgan fingerprint density at radius 3 is 2.05 bits per heavy atom. The largest absolute Gasteiger partial charge is 0.240 e. The zero-order valence-electron chi connectivity index (χ0n) is 12.1. The van der Waals surface area contributed by atoms with E-state index in [0.717, 1.165) is 29.5 Å². The van der Waals surface area contributed by atoms with Gasteiger partial charge in [-0.25, -0.2) is 13.1 Å². The summed E-state index contributed by atoms with van der Waals surface area (Å²) in [7, 11) is -3.38. The molecule has 2 aromatic carbocycles. The van der Waals surface area contributed by atoms with E-state index in [1.165, 1.54) is 0 Å². The molecule has 112 valence electrons. The van der Waals surface area contributed by atoms with E-state index in [9.17, 15) is 8.42 Å². The molecule has 2 aromatic rings. The van der Waals surface area contributed by atoms with Gasteiger partial charge in [0, 0.05) is 12.5 Å². The summed E-state index contributed by atoms with van der Waals surface area (Å²) in [6.45, 7) is 0. The smallest absolute Gasteiger partial charge is 0.208 e. The predicted octanol–water partition coefficient (Wildman–Crippen LogP) is 2.97. The van der Waals surface area contributed by atoms with E-state index >= 15 is 0 Å². The van der Waals surface area contributed by atoms with E-state index in [0.29, 0.717) is 11.3 Å². The highest BCUT2D eigenvalue weighted by Crippen LogP contribution is 2.24. The van der Waals surface area contributed by atoms with Crippen LogP contribution in [0.15, 0.2) is 53.4 Å². The molecule has 0 atom stereocenters. The van der Waals surface area contributed by atoms with Gasteiger partial charge in [-0.05, 0) is 41.7 Å². The van der Waals surface area contributed by atoms with Crippen LogP contribution in [0, 0.1) is 12.3 Å². The lowest BCUT2D eigenvalue weighted by molar-refractivity contribution is 0.581. The molecule has 0 aliphatic heterocycles. The molecular formula is C18H17NO2S. The van der Waals surface area contributed by atoms with Gasteiger partial charge in [-0.1, -0.05) is 36.4 Å². The van der Waals surface area contributed by atoms with E-state index in [-0.39, 0.29) is 6.04 Å². The lowest BCUT2D eigenvalue weighted by atomic mass is 10.0. The first-order valence-electron chi connectivity index (χ1n) is 7.24. The molecule has 4 heteroatoms. The highest BCUT2D eigenvalue weighted by Gasteiger charge is 2.27. The number of hydrogen-bond acceptors (Lipinski definition) is 2. The normalized spacial score (nSPS) is 14.5. The molecule has 3 nitrogen and oxygen atoms in total. The summed E-state index contributed by atoms with van der Waals surface area (Å²) in [5.41, 5.74) is 3.12. The number of terminal acetylenes is 1. The second-order valence-corrected chi connectivity index (χ2v) is 7.21. The second kappa shape index (κ2) is 5.96. The van der Waals surface area contributed by atoms with Crippen molar-refractivity contribution in [1.82, 2.24) is 4.72 Å². The third-order valence-corrected chi connectivity index (χ3v) is 5.19. The molecule has 0 spiro atoms. The van der Waals surface area contributed by atoms with E-state index < -0.39 is 10.0 Å². The average molecular weight is 311 g/mol. The number of hydrogen-bond donors (Lipinski definition) is 1. The Morgan fingerprint density at radius 2 is 1.55 bits per heavy atom. The fraction of sp³-hybridized carbons (Fsp3) is 0.222. The van der Waals surface area contributed by atoms with Crippen LogP contribution in [-0.2, 0) is 16.4 Å². The van der Waals surface area contributed by atoms with Crippen LogP contribution < -0.4 is 4.72 Å². The fourth-order valence-electron chi connectivity index (χ4n) is 2.25. The van der Waals surface area contributed by atoms with Gasteiger partial charge in [-0.2, -0.15) is 0 Å². The van der Waals surface area contributed by atoms with Gasteiger partial charge in [0.25, 0.3) is 0 Å². The molecule has 1 N–H and O–H groups in total. The van der Waals surface area contributed by atoms with Gasteiger partial charge in [0.05, 0.1) is 4.90 Å². The number of benzene rings is 2. The Labute approximate surface area is 131 Å². The molecule has 22 heavy (non-hydrogen) atoms. The molecule has 1 saturated carbocycles. The van der Waals surface area contributed by atoms with Gasteiger partial charge in [0.15, 0.2) is 0 Å². The third-order valence-electron chi connectivity index (χ3n) is 3.66. The summed E-state index contributed by atoms with van der Waals surface area (Å²) in [5.74, 6) is 2.61. The van der Waals surface area contributed by atoms with Gasteiger partial charge in [-0.15, -0.1) is 12.3 Å². The lowest BCUT2D eigenvalue weighted by Crippen LogP contribution is -2.25. The molecule has 3 rings (SSSR count). The molecule has 0 heterocycles. The molecule has 0 aromatic heterocycles. The first kappa shape index (κ1) is 14.8. The Hall–Kier alpha value is -2.09. The molecule has 1 aliphatic carbocycles. The summed E-state index contributed by atoms with van der Waals surface area (Å²) in [6, 6.07) is 15.1. The SMILES string of the molecule is C#CCc1ccc(-c2ccc(S(=O)(=O)NC3CC3)cc2)cc1. The van der Waals surface area contributed by atoms with Crippen LogP contribution in [-0.4, -0.2) is 14.5 Å². The van der Waals surface area contributed by atoms with Crippen molar-refractivity contribution in [3.05, 3.63) is 54.1 Å². The molecular weight excluding hydrogens is 294 g/mol. The Morgan fingerprint density at radius 1 is 1.00 bits per heavy atom. The Bertz CT molecular complexity index is 796. The summed E-state index contributed by atoms with van der Waals surface area (Å²) in [5, 5.41) is 0. The quantitative estimate of drug-likeness (QED) is 0.863. The maximum atomic E-state index is 12.1. The van der Waals surface area contributed by atoms with E-state index in [1.54, 1.807) is 12.1 Å². The van der Waals surface area contributed by atoms with Crippen molar-refractivity contribution in [2.24, 2.45) is 0 Å². The molecule has 0 amide bonds. The summed E-state index contributed by atoms with van der Waals surface area (Å²) in [6.07, 6.45) is 7.77. The van der Waals surface area contributed by atoms with Crippen molar-refractivity contribution in [3.63, 3.8) is 0 Å². The van der Waals surface area contributed by atoms with E-state index in [4.69, 9.17) is 6.42 Å². The third kappa shape index (κ3) is 3.38. The Kier molecular flexibility index (Phi) is 4.02. The minimum Gasteiger partial charge on any atom is -0.208 e. The predicted molar refractivity (Wildman–Crippen MR) is 87.8 cm³/mol. The van der Waals surface area contributed by atoms with E-state index in [1.807, 2.05) is 36.4 Å². The number of sulfonamides is 1. The Balaban J connectivity index is 1.80. The monoisotopic (exact) mass is 311 g/mol. The summed E-state index contributed by atoms with van der Waals surface area (Å²) in [4.78, 5) is 0.312. The van der Waals surface area contributed by atoms with Crippen LogP contribution in [0.5, 0.6) is 0 Å². The topological polar surface area (TPSA) is 46.2 Å². The van der Waals surface area contributed by atoms with Crippen molar-refractivity contribution in [3.8, 4) is 23.5 Å². The van der Waals surface area contributed by atoms with Gasteiger partial charge in [0.1, 0.15) is 0 Å². The minimum atomic E-state index is -3.38. The van der Waals surface area contributed by atoms with Gasteiger partial charge in [0.2, 0.25) is 10.0 Å². The van der Waals surface area contributed by atoms with Crippen molar-refractivity contribution in [1.29, 1.82) is 0 Å². The lowest BCUT2D eigenvalue weighted by Gasteiger charge is -2.07. The standard InChI is InChI=1S/C18H17NO2S/c1-2-3-14-4-6-15(7-5-14)16-8-12-18(13-9-16)22(20,21)19-17-10-11-17/h1,4-9,12-13,17,19H,3,10-11H2. The zero-order valence-corrected chi connectivity index (χ0v) is 12.9. The molecule has 0 radical (unpaired) electrons. The van der Waals surface area contributed by atoms with Crippen LogP contribution >= 0.6 is 0 Å². The first-order valence-corrected chi connectivity index (χ1v) is 8.72. The molecule has 0 saturated heterocycles. The van der Waals surface area contributed by atoms with Crippen LogP contribution in [0.1, 0.15) is 18.4 Å². The van der Waals surface area contributed by atoms with Crippen molar-refractivity contribution in [2.45, 2.75) is 30.2 Å². The van der Waals surface area contributed by atoms with Crippen molar-refractivity contribution in [2.75, 3.05) is 0 Å². The molecule has 0 bridgehead atoms. The van der Waals surface area contributed by atoms with Gasteiger partial charge >= 0.3 is 0 Å². The second-order valence-electron chi connectivity index (χ2n) is 5.50. The van der Waals surface area contributed by atoms with Crippen LogP contribution in [0.25, 0.3) is 11.1 Å². The summed E-state index contributed by atoms with van der Waals surface area (Å²) < 4.78 is 26.9. The first-order chi connectivity index (χ1) is 10.6. The van der Waals surface area contributed by atoms with Crippen molar-refractivity contribution < 1.29 is 8.42 Å². The molecule has 1 fully saturated rings. The summed E-state index contributed by atoms with van der Waals surface area (Å²) >= 11 is 0.